The quantitative estimate of drug-likeness (QED) is 0.466. The minimum Gasteiger partial charge on any atom is -0.282 e. The summed E-state index contributed by atoms with van der Waals surface area (Å²) in [6.45, 7) is 0. The van der Waals surface area contributed by atoms with Crippen molar-refractivity contribution in [3.8, 4) is 0 Å². The summed E-state index contributed by atoms with van der Waals surface area (Å²) in [5.74, 6) is 0. The van der Waals surface area contributed by atoms with Crippen LogP contribution in [0.2, 0.25) is 0 Å². The van der Waals surface area contributed by atoms with E-state index in [1.54, 1.807) is 4.72 Å². The molecule has 0 bridgehead atoms. The van der Waals surface area contributed by atoms with E-state index in [0.717, 1.165) is 0 Å². The van der Waals surface area contributed by atoms with Gasteiger partial charge in [-0.1, -0.05) is 17.2 Å². The number of amides is 2. The molecule has 0 aromatic rings. The van der Waals surface area contributed by atoms with Gasteiger partial charge < -0.3 is 0 Å². The largest absolute Gasteiger partial charge is 0.365 e. The number of thiol groups is 1. The predicted molar refractivity (Wildman–Crippen MR) is 28.9 cm³/mol. The molecular weight excluding hydrogens is 152 g/mol. The maximum Gasteiger partial charge on any atom is 0.365 e. The molecule has 0 aromatic carbocycles. The fraction of sp³-hybridized carbons (Fsp3) is 0. The topological polar surface area (TPSA) is 75.6 Å². The highest BCUT2D eigenvalue weighted by Gasteiger charge is 1.88. The first-order valence-corrected chi connectivity index (χ1v) is 2.90. The molecular formula is CH2N2O3S2. The molecule has 8 heavy (non-hydrogen) atoms. The van der Waals surface area contributed by atoms with Crippen molar-refractivity contribution in [3.05, 3.63) is 0 Å². The van der Waals surface area contributed by atoms with Gasteiger partial charge >= 0.3 is 16.5 Å². The van der Waals surface area contributed by atoms with Crippen molar-refractivity contribution < 1.29 is 13.2 Å². The van der Waals surface area contributed by atoms with Gasteiger partial charge in [-0.05, 0) is 0 Å². The first-order chi connectivity index (χ1) is 3.66. The second kappa shape index (κ2) is 3.44. The molecule has 7 heteroatoms. The van der Waals surface area contributed by atoms with E-state index in [1.807, 2.05) is 0 Å². The molecule has 0 heterocycles. The number of nitrogens with zero attached hydrogens (tertiary/aromatic N) is 1. The Hall–Kier alpha value is -0.560. The molecule has 0 fully saturated rings. The van der Waals surface area contributed by atoms with Gasteiger partial charge in [-0.3, -0.25) is 4.72 Å². The summed E-state index contributed by atoms with van der Waals surface area (Å²) < 4.78 is 23.2. The lowest BCUT2D eigenvalue weighted by Gasteiger charge is -1.78. The van der Waals surface area contributed by atoms with E-state index >= 15 is 0 Å². The van der Waals surface area contributed by atoms with Crippen LogP contribution in [0.15, 0.2) is 4.36 Å². The molecule has 0 saturated carbocycles. The molecule has 0 atom stereocenters. The van der Waals surface area contributed by atoms with Gasteiger partial charge in [0.05, 0.1) is 0 Å². The summed E-state index contributed by atoms with van der Waals surface area (Å²) in [7, 11) is -2.68. The Labute approximate surface area is 52.3 Å². The molecule has 0 saturated heterocycles. The zero-order valence-electron chi connectivity index (χ0n) is 3.53. The Morgan fingerprint density at radius 2 is 2.12 bits per heavy atom. The van der Waals surface area contributed by atoms with E-state index in [2.05, 4.69) is 17.2 Å². The maximum absolute atomic E-state index is 9.88. The summed E-state index contributed by atoms with van der Waals surface area (Å²) in [5.41, 5.74) is 0. The van der Waals surface area contributed by atoms with Gasteiger partial charge in [-0.25, -0.2) is 4.79 Å². The average molecular weight is 154 g/mol. The first-order valence-electron chi connectivity index (χ1n) is 1.42. The van der Waals surface area contributed by atoms with Gasteiger partial charge in [0, 0.05) is 0 Å². The summed E-state index contributed by atoms with van der Waals surface area (Å²) in [5, 5.41) is 0. The molecule has 0 spiro atoms. The molecule has 0 aliphatic heterocycles. The molecule has 0 rings (SSSR count). The van der Waals surface area contributed by atoms with Crippen LogP contribution in [0.1, 0.15) is 0 Å². The minimum absolute atomic E-state index is 0.998. The monoisotopic (exact) mass is 154 g/mol. The third-order valence-corrected chi connectivity index (χ3v) is 0.759. The van der Waals surface area contributed by atoms with Crippen LogP contribution in [-0.4, -0.2) is 14.4 Å². The highest BCUT2D eigenvalue weighted by Crippen LogP contribution is 1.71. The average Bonchev–Trinajstić information content (AvgIpc) is 1.65. The van der Waals surface area contributed by atoms with Crippen molar-refractivity contribution in [1.29, 1.82) is 0 Å². The van der Waals surface area contributed by atoms with Crippen LogP contribution >= 0.6 is 12.8 Å². The Bertz CT molecular complexity index is 195. The third kappa shape index (κ3) is 3.62. The maximum atomic E-state index is 9.88. The zero-order valence-corrected chi connectivity index (χ0v) is 5.24. The Kier molecular flexibility index (Phi) is 3.20. The molecule has 1 N–H and O–H groups in total. The summed E-state index contributed by atoms with van der Waals surface area (Å²) in [6, 6.07) is -0.998. The first kappa shape index (κ1) is 7.44. The number of urea groups is 1. The lowest BCUT2D eigenvalue weighted by atomic mass is 11.2. The zero-order chi connectivity index (χ0) is 6.57. The standard InChI is InChI=1S/CH2N2O3S2/c4-1(2-7)3-8(5)6/h7H,(H,2,4). The lowest BCUT2D eigenvalue weighted by molar-refractivity contribution is 0.255. The third-order valence-electron chi connectivity index (χ3n) is 0.253. The summed E-state index contributed by atoms with van der Waals surface area (Å²) in [4.78, 5) is 9.88. The Morgan fingerprint density at radius 1 is 1.62 bits per heavy atom. The molecule has 0 aromatic heterocycles. The normalized spacial score (nSPS) is 7.62. The van der Waals surface area contributed by atoms with Crippen LogP contribution in [0.25, 0.3) is 0 Å². The SMILES string of the molecule is O=C(N=S(=O)=O)NS. The van der Waals surface area contributed by atoms with Crippen molar-refractivity contribution in [2.24, 2.45) is 4.36 Å². The number of carbonyl (C=O) groups is 1. The second-order valence-corrected chi connectivity index (χ2v) is 1.57. The van der Waals surface area contributed by atoms with Gasteiger partial charge in [0.2, 0.25) is 0 Å². The summed E-state index contributed by atoms with van der Waals surface area (Å²) in [6.07, 6.45) is 0. The van der Waals surface area contributed by atoms with Crippen LogP contribution in [0, 0.1) is 0 Å². The fourth-order valence-corrected chi connectivity index (χ4v) is 0.387. The Balaban J connectivity index is 4.12. The molecule has 5 nitrogen and oxygen atoms in total. The van der Waals surface area contributed by atoms with E-state index < -0.39 is 16.5 Å². The number of rotatable bonds is 0. The molecule has 2 amide bonds. The number of hydrogen-bond donors (Lipinski definition) is 2. The fourth-order valence-electron chi connectivity index (χ4n) is 0.0881. The van der Waals surface area contributed by atoms with Gasteiger partial charge in [-0.2, -0.15) is 8.42 Å². The van der Waals surface area contributed by atoms with Crippen molar-refractivity contribution in [2.45, 2.75) is 0 Å². The number of hydrogen-bond acceptors (Lipinski definition) is 4. The van der Waals surface area contributed by atoms with Gasteiger partial charge in [0.25, 0.3) is 0 Å². The van der Waals surface area contributed by atoms with Crippen molar-refractivity contribution >= 4 is 29.3 Å². The van der Waals surface area contributed by atoms with Crippen LogP contribution < -0.4 is 4.72 Å². The number of nitrogens with one attached hydrogen (secondary N) is 1. The number of carbonyl (C=O) groups excluding carboxylic acids is 1. The van der Waals surface area contributed by atoms with E-state index in [9.17, 15) is 13.2 Å². The highest BCUT2D eigenvalue weighted by atomic mass is 32.2. The molecule has 0 unspecified atom stereocenters. The van der Waals surface area contributed by atoms with Gasteiger partial charge in [0.1, 0.15) is 0 Å². The van der Waals surface area contributed by atoms with Crippen molar-refractivity contribution in [1.82, 2.24) is 4.72 Å². The minimum atomic E-state index is -2.68. The highest BCUT2D eigenvalue weighted by molar-refractivity contribution is 7.78. The molecule has 0 aliphatic carbocycles. The molecule has 46 valence electrons. The van der Waals surface area contributed by atoms with E-state index in [0.29, 0.717) is 0 Å². The van der Waals surface area contributed by atoms with E-state index in [1.165, 1.54) is 0 Å². The van der Waals surface area contributed by atoms with Gasteiger partial charge in [-0.15, -0.1) is 0 Å². The van der Waals surface area contributed by atoms with Crippen molar-refractivity contribution in [3.63, 3.8) is 0 Å². The molecule has 0 radical (unpaired) electrons. The second-order valence-electron chi connectivity index (χ2n) is 0.725. The summed E-state index contributed by atoms with van der Waals surface area (Å²) >= 11 is 3.22. The molecule has 0 aliphatic rings. The smallest absolute Gasteiger partial charge is 0.282 e. The predicted octanol–water partition coefficient (Wildman–Crippen LogP) is -0.396. The van der Waals surface area contributed by atoms with Crippen LogP contribution in [0.3, 0.4) is 0 Å². The van der Waals surface area contributed by atoms with Crippen LogP contribution in [0.4, 0.5) is 4.79 Å². The van der Waals surface area contributed by atoms with E-state index in [-0.39, 0.29) is 0 Å². The van der Waals surface area contributed by atoms with Crippen LogP contribution in [-0.2, 0) is 10.5 Å². The van der Waals surface area contributed by atoms with E-state index in [4.69, 9.17) is 0 Å². The Morgan fingerprint density at radius 3 is 2.25 bits per heavy atom. The van der Waals surface area contributed by atoms with Crippen LogP contribution in [0.5, 0.6) is 0 Å². The van der Waals surface area contributed by atoms with Gasteiger partial charge in [0.15, 0.2) is 0 Å². The lowest BCUT2D eigenvalue weighted by Crippen LogP contribution is -2.04. The van der Waals surface area contributed by atoms with Crippen molar-refractivity contribution in [2.75, 3.05) is 0 Å².